The molecule has 31 heavy (non-hydrogen) atoms. The maximum Gasteiger partial charge on any atom is 0.256 e. The number of rotatable bonds is 5. The van der Waals surface area contributed by atoms with E-state index < -0.39 is 27.3 Å². The van der Waals surface area contributed by atoms with Crippen LogP contribution in [0.1, 0.15) is 56.0 Å². The molecule has 0 aromatic heterocycles. The van der Waals surface area contributed by atoms with Gasteiger partial charge in [-0.05, 0) is 82.9 Å². The van der Waals surface area contributed by atoms with E-state index in [1.54, 1.807) is 39.8 Å². The van der Waals surface area contributed by atoms with Crippen LogP contribution in [0.3, 0.4) is 0 Å². The van der Waals surface area contributed by atoms with Crippen LogP contribution < -0.4 is 14.9 Å². The first-order valence-corrected chi connectivity index (χ1v) is 11.9. The van der Waals surface area contributed by atoms with Crippen LogP contribution in [0.4, 0.5) is 15.8 Å². The summed E-state index contributed by atoms with van der Waals surface area (Å²) in [5.74, 6) is -0.923. The van der Waals surface area contributed by atoms with Crippen molar-refractivity contribution in [1.82, 2.24) is 4.72 Å². The molecule has 1 fully saturated rings. The Morgan fingerprint density at radius 3 is 2.35 bits per heavy atom. The van der Waals surface area contributed by atoms with Crippen molar-refractivity contribution in [3.8, 4) is 0 Å². The zero-order valence-electron chi connectivity index (χ0n) is 18.5. The lowest BCUT2D eigenvalue weighted by atomic mass is 10.1. The minimum absolute atomic E-state index is 0.00803. The molecular weight excluding hydrogens is 417 g/mol. The molecule has 0 spiro atoms. The maximum atomic E-state index is 14.0. The van der Waals surface area contributed by atoms with Gasteiger partial charge in [0.05, 0.1) is 16.3 Å². The molecule has 1 aliphatic heterocycles. The van der Waals surface area contributed by atoms with E-state index >= 15 is 0 Å². The van der Waals surface area contributed by atoms with Gasteiger partial charge in [-0.2, -0.15) is 0 Å². The number of anilines is 2. The fraction of sp³-hybridized carbons (Fsp3) is 0.435. The van der Waals surface area contributed by atoms with Gasteiger partial charge in [0.2, 0.25) is 10.0 Å². The lowest BCUT2D eigenvalue weighted by Crippen LogP contribution is -2.40. The predicted octanol–water partition coefficient (Wildman–Crippen LogP) is 4.45. The van der Waals surface area contributed by atoms with Crippen LogP contribution >= 0.6 is 0 Å². The van der Waals surface area contributed by atoms with Crippen LogP contribution in [0, 0.1) is 12.7 Å². The van der Waals surface area contributed by atoms with E-state index in [1.807, 2.05) is 0 Å². The molecule has 0 unspecified atom stereocenters. The van der Waals surface area contributed by atoms with Gasteiger partial charge in [0.25, 0.3) is 5.91 Å². The smallest absolute Gasteiger partial charge is 0.256 e. The van der Waals surface area contributed by atoms with Crippen molar-refractivity contribution in [3.05, 3.63) is 53.3 Å². The third kappa shape index (κ3) is 5.83. The first-order valence-electron chi connectivity index (χ1n) is 10.5. The van der Waals surface area contributed by atoms with Gasteiger partial charge in [-0.1, -0.05) is 6.07 Å². The minimum Gasteiger partial charge on any atom is -0.370 e. The lowest BCUT2D eigenvalue weighted by molar-refractivity contribution is 0.102. The number of nitrogens with one attached hydrogen (secondary N) is 2. The number of nitrogens with zero attached hydrogens (tertiary/aromatic N) is 1. The number of aryl methyl sites for hydroxylation is 1. The van der Waals surface area contributed by atoms with Gasteiger partial charge < -0.3 is 10.2 Å². The van der Waals surface area contributed by atoms with E-state index in [1.165, 1.54) is 24.3 Å². The van der Waals surface area contributed by atoms with Crippen molar-refractivity contribution in [1.29, 1.82) is 0 Å². The summed E-state index contributed by atoms with van der Waals surface area (Å²) in [7, 11) is -3.79. The molecule has 2 aromatic rings. The number of sulfonamides is 1. The fourth-order valence-electron chi connectivity index (χ4n) is 3.68. The Kier molecular flexibility index (Phi) is 6.71. The highest BCUT2D eigenvalue weighted by Crippen LogP contribution is 2.30. The summed E-state index contributed by atoms with van der Waals surface area (Å²) in [6, 6.07) is 8.80. The Labute approximate surface area is 183 Å². The molecule has 6 nitrogen and oxygen atoms in total. The number of amides is 1. The molecule has 1 saturated heterocycles. The van der Waals surface area contributed by atoms with E-state index in [-0.39, 0.29) is 10.5 Å². The largest absolute Gasteiger partial charge is 0.370 e. The van der Waals surface area contributed by atoms with E-state index in [0.29, 0.717) is 11.3 Å². The molecule has 2 N–H and O–H groups in total. The van der Waals surface area contributed by atoms with Gasteiger partial charge in [0, 0.05) is 24.2 Å². The number of piperidine rings is 1. The lowest BCUT2D eigenvalue weighted by Gasteiger charge is -2.30. The number of benzene rings is 2. The van der Waals surface area contributed by atoms with Crippen LogP contribution in [-0.4, -0.2) is 33.0 Å². The normalized spacial score (nSPS) is 15.1. The topological polar surface area (TPSA) is 78.5 Å². The second kappa shape index (κ2) is 8.96. The third-order valence-corrected chi connectivity index (χ3v) is 6.86. The first-order chi connectivity index (χ1) is 14.5. The van der Waals surface area contributed by atoms with Gasteiger partial charge in [0.15, 0.2) is 0 Å². The molecule has 3 rings (SSSR count). The van der Waals surface area contributed by atoms with E-state index in [0.717, 1.165) is 38.0 Å². The Morgan fingerprint density at radius 2 is 1.71 bits per heavy atom. The molecule has 0 bridgehead atoms. The number of hydrogen-bond donors (Lipinski definition) is 2. The number of carbonyl (C=O) groups excluding carboxylic acids is 1. The standard InChI is InChI=1S/C23H30FN3O3S/c1-16-8-10-18(31(29,30)26-23(2,3)4)15-19(16)22(28)25-20-14-17(24)9-11-21(20)27-12-6-5-7-13-27/h8-11,14-15,26H,5-7,12-13H2,1-4H3,(H,25,28). The van der Waals surface area contributed by atoms with Crippen molar-refractivity contribution in [2.24, 2.45) is 0 Å². The van der Waals surface area contributed by atoms with E-state index in [2.05, 4.69) is 14.9 Å². The van der Waals surface area contributed by atoms with E-state index in [4.69, 9.17) is 0 Å². The minimum atomic E-state index is -3.79. The van der Waals surface area contributed by atoms with Gasteiger partial charge in [0.1, 0.15) is 5.82 Å². The van der Waals surface area contributed by atoms with Crippen LogP contribution in [0.5, 0.6) is 0 Å². The summed E-state index contributed by atoms with van der Waals surface area (Å²) >= 11 is 0. The molecule has 0 radical (unpaired) electrons. The van der Waals surface area contributed by atoms with Gasteiger partial charge >= 0.3 is 0 Å². The van der Waals surface area contributed by atoms with E-state index in [9.17, 15) is 17.6 Å². The molecule has 1 aliphatic rings. The number of carbonyl (C=O) groups is 1. The predicted molar refractivity (Wildman–Crippen MR) is 122 cm³/mol. The summed E-state index contributed by atoms with van der Waals surface area (Å²) in [5.41, 5.74) is 1.35. The van der Waals surface area contributed by atoms with Gasteiger partial charge in [-0.25, -0.2) is 17.5 Å². The average Bonchev–Trinajstić information content (AvgIpc) is 2.67. The monoisotopic (exact) mass is 447 g/mol. The molecule has 2 aromatic carbocycles. The van der Waals surface area contributed by atoms with Crippen molar-refractivity contribution < 1.29 is 17.6 Å². The van der Waals surface area contributed by atoms with Crippen molar-refractivity contribution in [2.75, 3.05) is 23.3 Å². The molecule has 0 saturated carbocycles. The summed E-state index contributed by atoms with van der Waals surface area (Å²) < 4.78 is 42.0. The second-order valence-corrected chi connectivity index (χ2v) is 10.7. The highest BCUT2D eigenvalue weighted by molar-refractivity contribution is 7.89. The summed E-state index contributed by atoms with van der Waals surface area (Å²) in [6.45, 7) is 8.67. The first kappa shape index (κ1) is 23.2. The van der Waals surface area contributed by atoms with Crippen molar-refractivity contribution in [2.45, 2.75) is 57.4 Å². The third-order valence-electron chi connectivity index (χ3n) is 5.11. The highest BCUT2D eigenvalue weighted by Gasteiger charge is 2.24. The SMILES string of the molecule is Cc1ccc(S(=O)(=O)NC(C)(C)C)cc1C(=O)Nc1cc(F)ccc1N1CCCCC1. The van der Waals surface area contributed by atoms with Crippen LogP contribution in [0.25, 0.3) is 0 Å². The molecule has 0 atom stereocenters. The molecule has 1 amide bonds. The summed E-state index contributed by atoms with van der Waals surface area (Å²) in [5, 5.41) is 2.80. The van der Waals surface area contributed by atoms with Gasteiger partial charge in [-0.15, -0.1) is 0 Å². The zero-order chi connectivity index (χ0) is 22.8. The highest BCUT2D eigenvalue weighted by atomic mass is 32.2. The van der Waals surface area contributed by atoms with Gasteiger partial charge in [-0.3, -0.25) is 4.79 Å². The maximum absolute atomic E-state index is 14.0. The Bertz CT molecular complexity index is 1070. The molecule has 0 aliphatic carbocycles. The Morgan fingerprint density at radius 1 is 1.03 bits per heavy atom. The molecular formula is C23H30FN3O3S. The zero-order valence-corrected chi connectivity index (χ0v) is 19.3. The second-order valence-electron chi connectivity index (χ2n) is 9.00. The number of hydrogen-bond acceptors (Lipinski definition) is 4. The number of halogens is 1. The molecule has 168 valence electrons. The summed E-state index contributed by atoms with van der Waals surface area (Å²) in [6.07, 6.45) is 3.25. The average molecular weight is 448 g/mol. The molecule has 1 heterocycles. The van der Waals surface area contributed by atoms with Crippen LogP contribution in [0.15, 0.2) is 41.3 Å². The Hall–Kier alpha value is -2.45. The van der Waals surface area contributed by atoms with Crippen molar-refractivity contribution in [3.63, 3.8) is 0 Å². The fourth-order valence-corrected chi connectivity index (χ4v) is 5.13. The quantitative estimate of drug-likeness (QED) is 0.710. The van der Waals surface area contributed by atoms with Crippen LogP contribution in [0.2, 0.25) is 0 Å². The summed E-state index contributed by atoms with van der Waals surface area (Å²) in [4.78, 5) is 15.2. The Balaban J connectivity index is 1.92. The van der Waals surface area contributed by atoms with Crippen LogP contribution in [-0.2, 0) is 10.0 Å². The molecule has 8 heteroatoms. The van der Waals surface area contributed by atoms with Crippen molar-refractivity contribution >= 4 is 27.3 Å².